The Hall–Kier alpha value is -3.88. The lowest BCUT2D eigenvalue weighted by Gasteiger charge is -2.11. The Labute approximate surface area is 166 Å². The summed E-state index contributed by atoms with van der Waals surface area (Å²) in [4.78, 5) is 22.6. The molecular formula is C20H19N3O6. The quantitative estimate of drug-likeness (QED) is 0.350. The topological polar surface area (TPSA) is 116 Å². The second-order valence-electron chi connectivity index (χ2n) is 5.86. The Kier molecular flexibility index (Phi) is 6.08. The van der Waals surface area contributed by atoms with Gasteiger partial charge in [0.2, 0.25) is 0 Å². The molecule has 1 aromatic heterocycles. The molecule has 29 heavy (non-hydrogen) atoms. The molecule has 1 heterocycles. The van der Waals surface area contributed by atoms with Crippen LogP contribution in [0.3, 0.4) is 0 Å². The highest BCUT2D eigenvalue weighted by molar-refractivity contribution is 5.97. The molecule has 0 atom stereocenters. The molecule has 0 aliphatic carbocycles. The molecule has 9 nitrogen and oxygen atoms in total. The van der Waals surface area contributed by atoms with Crippen molar-refractivity contribution >= 4 is 28.8 Å². The number of nitrogens with zero attached hydrogens (tertiary/aromatic N) is 2. The number of nitro groups is 1. The average molecular weight is 397 g/mol. The molecular weight excluding hydrogens is 378 g/mol. The van der Waals surface area contributed by atoms with E-state index in [1.165, 1.54) is 30.5 Å². The molecule has 1 amide bonds. The number of amides is 1. The van der Waals surface area contributed by atoms with Crippen LogP contribution in [-0.2, 0) is 0 Å². The zero-order valence-corrected chi connectivity index (χ0v) is 15.9. The lowest BCUT2D eigenvalue weighted by atomic mass is 10.2. The average Bonchev–Trinajstić information content (AvgIpc) is 3.13. The van der Waals surface area contributed by atoms with Gasteiger partial charge in [-0.25, -0.2) is 5.43 Å². The molecule has 2 aromatic carbocycles. The van der Waals surface area contributed by atoms with Crippen molar-refractivity contribution in [1.82, 2.24) is 5.43 Å². The highest BCUT2D eigenvalue weighted by Crippen LogP contribution is 2.28. The van der Waals surface area contributed by atoms with Crippen molar-refractivity contribution in [3.05, 3.63) is 63.9 Å². The molecule has 0 bridgehead atoms. The number of hydrazone groups is 1. The summed E-state index contributed by atoms with van der Waals surface area (Å²) in [5.74, 6) is 0.644. The van der Waals surface area contributed by atoms with Crippen molar-refractivity contribution in [2.75, 3.05) is 13.2 Å². The highest BCUT2D eigenvalue weighted by atomic mass is 16.6. The van der Waals surface area contributed by atoms with E-state index in [-0.39, 0.29) is 11.4 Å². The Morgan fingerprint density at radius 2 is 1.90 bits per heavy atom. The number of carbonyl (C=O) groups excluding carboxylic acids is 1. The fraction of sp³-hybridized carbons (Fsp3) is 0.200. The first-order chi connectivity index (χ1) is 14.0. The molecule has 3 aromatic rings. The second-order valence-corrected chi connectivity index (χ2v) is 5.86. The normalized spacial score (nSPS) is 11.0. The van der Waals surface area contributed by atoms with Crippen LogP contribution >= 0.6 is 0 Å². The Morgan fingerprint density at radius 3 is 2.62 bits per heavy atom. The van der Waals surface area contributed by atoms with E-state index in [0.717, 1.165) is 0 Å². The molecule has 0 saturated carbocycles. The third-order valence-electron chi connectivity index (χ3n) is 3.88. The van der Waals surface area contributed by atoms with E-state index in [9.17, 15) is 14.9 Å². The van der Waals surface area contributed by atoms with Crippen LogP contribution in [0.4, 0.5) is 5.69 Å². The zero-order valence-electron chi connectivity index (χ0n) is 15.9. The van der Waals surface area contributed by atoms with Gasteiger partial charge >= 0.3 is 5.91 Å². The SMILES string of the molecule is CCOc1ccc(/C=N\NC(=O)c2cc3cc([N+](=O)[O-])ccc3o2)cc1OCC. The van der Waals surface area contributed by atoms with Crippen LogP contribution in [0.2, 0.25) is 0 Å². The maximum atomic E-state index is 12.2. The standard InChI is InChI=1S/C20H19N3O6/c1-3-27-17-7-5-13(9-18(17)28-4-2)12-21-22-20(24)19-11-14-10-15(23(25)26)6-8-16(14)29-19/h5-12H,3-4H2,1-2H3,(H,22,24)/b21-12-. The minimum atomic E-state index is -0.573. The number of furan rings is 1. The van der Waals surface area contributed by atoms with Gasteiger partial charge in [0.25, 0.3) is 5.69 Å². The smallest absolute Gasteiger partial charge is 0.307 e. The number of nitrogens with one attached hydrogen (secondary N) is 1. The van der Waals surface area contributed by atoms with E-state index in [4.69, 9.17) is 13.9 Å². The van der Waals surface area contributed by atoms with Gasteiger partial charge in [-0.15, -0.1) is 0 Å². The summed E-state index contributed by atoms with van der Waals surface area (Å²) in [7, 11) is 0. The van der Waals surface area contributed by atoms with Crippen LogP contribution < -0.4 is 14.9 Å². The molecule has 0 aliphatic heterocycles. The number of ether oxygens (including phenoxy) is 2. The predicted octanol–water partition coefficient (Wildman–Crippen LogP) is 3.90. The van der Waals surface area contributed by atoms with Crippen LogP contribution in [0.15, 0.2) is 52.0 Å². The summed E-state index contributed by atoms with van der Waals surface area (Å²) >= 11 is 0. The summed E-state index contributed by atoms with van der Waals surface area (Å²) in [5.41, 5.74) is 3.37. The van der Waals surface area contributed by atoms with Crippen LogP contribution in [0.5, 0.6) is 11.5 Å². The summed E-state index contributed by atoms with van der Waals surface area (Å²) < 4.78 is 16.5. The fourth-order valence-electron chi connectivity index (χ4n) is 2.62. The maximum Gasteiger partial charge on any atom is 0.307 e. The molecule has 150 valence electrons. The molecule has 0 aliphatic rings. The van der Waals surface area contributed by atoms with E-state index in [1.807, 2.05) is 13.8 Å². The van der Waals surface area contributed by atoms with Crippen molar-refractivity contribution in [2.24, 2.45) is 5.10 Å². The first-order valence-electron chi connectivity index (χ1n) is 8.92. The monoisotopic (exact) mass is 397 g/mol. The van der Waals surface area contributed by atoms with E-state index in [2.05, 4.69) is 10.5 Å². The zero-order chi connectivity index (χ0) is 20.8. The minimum Gasteiger partial charge on any atom is -0.490 e. The summed E-state index contributed by atoms with van der Waals surface area (Å²) in [6.07, 6.45) is 1.46. The van der Waals surface area contributed by atoms with Crippen molar-refractivity contribution in [3.8, 4) is 11.5 Å². The van der Waals surface area contributed by atoms with Crippen molar-refractivity contribution in [2.45, 2.75) is 13.8 Å². The number of non-ortho nitro benzene ring substituents is 1. The lowest BCUT2D eigenvalue weighted by molar-refractivity contribution is -0.384. The third-order valence-corrected chi connectivity index (χ3v) is 3.88. The van der Waals surface area contributed by atoms with Crippen molar-refractivity contribution < 1.29 is 23.6 Å². The Bertz CT molecular complexity index is 1070. The third kappa shape index (κ3) is 4.70. The van der Waals surface area contributed by atoms with Gasteiger partial charge in [0.05, 0.1) is 24.4 Å². The van der Waals surface area contributed by atoms with E-state index < -0.39 is 10.8 Å². The number of carbonyl (C=O) groups is 1. The van der Waals surface area contributed by atoms with Crippen LogP contribution in [0.25, 0.3) is 11.0 Å². The Morgan fingerprint density at radius 1 is 1.14 bits per heavy atom. The lowest BCUT2D eigenvalue weighted by Crippen LogP contribution is -2.16. The van der Waals surface area contributed by atoms with E-state index in [1.54, 1.807) is 18.2 Å². The summed E-state index contributed by atoms with van der Waals surface area (Å²) in [6, 6.07) is 10.8. The van der Waals surface area contributed by atoms with Crippen LogP contribution in [-0.4, -0.2) is 30.3 Å². The highest BCUT2D eigenvalue weighted by Gasteiger charge is 2.14. The maximum absolute atomic E-state index is 12.2. The first kappa shape index (κ1) is 19.9. The number of benzene rings is 2. The first-order valence-corrected chi connectivity index (χ1v) is 8.92. The molecule has 9 heteroatoms. The predicted molar refractivity (Wildman–Crippen MR) is 107 cm³/mol. The molecule has 0 fully saturated rings. The molecule has 0 spiro atoms. The summed E-state index contributed by atoms with van der Waals surface area (Å²) in [6.45, 7) is 4.77. The van der Waals surface area contributed by atoms with Gasteiger partial charge in [0, 0.05) is 17.5 Å². The molecule has 3 rings (SSSR count). The van der Waals surface area contributed by atoms with Crippen molar-refractivity contribution in [3.63, 3.8) is 0 Å². The number of hydrogen-bond acceptors (Lipinski definition) is 7. The van der Waals surface area contributed by atoms with Crippen LogP contribution in [0, 0.1) is 10.1 Å². The molecule has 1 N–H and O–H groups in total. The number of hydrogen-bond donors (Lipinski definition) is 1. The van der Waals surface area contributed by atoms with Gasteiger partial charge in [0.1, 0.15) is 5.58 Å². The largest absolute Gasteiger partial charge is 0.490 e. The van der Waals surface area contributed by atoms with Gasteiger partial charge < -0.3 is 13.9 Å². The van der Waals surface area contributed by atoms with Gasteiger partial charge in [-0.05, 0) is 49.7 Å². The van der Waals surface area contributed by atoms with E-state index in [0.29, 0.717) is 41.2 Å². The fourth-order valence-corrected chi connectivity index (χ4v) is 2.62. The number of fused-ring (bicyclic) bond motifs is 1. The Balaban J connectivity index is 1.71. The van der Waals surface area contributed by atoms with Gasteiger partial charge in [-0.3, -0.25) is 14.9 Å². The second kappa shape index (κ2) is 8.87. The minimum absolute atomic E-state index is 0.000605. The van der Waals surface area contributed by atoms with Crippen molar-refractivity contribution in [1.29, 1.82) is 0 Å². The van der Waals surface area contributed by atoms with E-state index >= 15 is 0 Å². The molecule has 0 unspecified atom stereocenters. The summed E-state index contributed by atoms with van der Waals surface area (Å²) in [5, 5.41) is 15.2. The number of rotatable bonds is 8. The molecule has 0 radical (unpaired) electrons. The molecule has 0 saturated heterocycles. The van der Waals surface area contributed by atoms with Gasteiger partial charge in [-0.2, -0.15) is 5.10 Å². The van der Waals surface area contributed by atoms with Crippen LogP contribution in [0.1, 0.15) is 30.0 Å². The number of nitro benzene ring substituents is 1. The van der Waals surface area contributed by atoms with Gasteiger partial charge in [-0.1, -0.05) is 0 Å². The van der Waals surface area contributed by atoms with Gasteiger partial charge in [0.15, 0.2) is 17.3 Å².